The molecule has 1 aromatic rings. The summed E-state index contributed by atoms with van der Waals surface area (Å²) in [7, 11) is 0. The molecule has 0 aliphatic heterocycles. The second-order valence-corrected chi connectivity index (χ2v) is 5.30. The molecule has 1 aromatic carbocycles. The molecule has 0 aromatic heterocycles. The summed E-state index contributed by atoms with van der Waals surface area (Å²) in [4.78, 5) is 14.0. The summed E-state index contributed by atoms with van der Waals surface area (Å²) in [6.07, 6.45) is 4.77. The van der Waals surface area contributed by atoms with Crippen LogP contribution < -0.4 is 5.73 Å². The van der Waals surface area contributed by atoms with Crippen molar-refractivity contribution in [3.63, 3.8) is 0 Å². The third-order valence-electron chi connectivity index (χ3n) is 3.91. The van der Waals surface area contributed by atoms with Gasteiger partial charge in [-0.3, -0.25) is 4.79 Å². The van der Waals surface area contributed by atoms with E-state index in [1.54, 1.807) is 0 Å². The number of amides is 1. The maximum absolute atomic E-state index is 13.8. The van der Waals surface area contributed by atoms with Crippen LogP contribution in [0, 0.1) is 17.5 Å². The van der Waals surface area contributed by atoms with E-state index in [1.807, 2.05) is 0 Å². The van der Waals surface area contributed by atoms with Gasteiger partial charge in [0.2, 0.25) is 0 Å². The minimum atomic E-state index is -1.61. The van der Waals surface area contributed by atoms with Crippen LogP contribution in [0.25, 0.3) is 0 Å². The van der Waals surface area contributed by atoms with Crippen molar-refractivity contribution in [2.24, 2.45) is 5.73 Å². The summed E-state index contributed by atoms with van der Waals surface area (Å²) in [5.74, 6) is -4.97. The van der Waals surface area contributed by atoms with E-state index in [1.165, 1.54) is 4.90 Å². The SMILES string of the molecule is NCCN(C(=O)c1ccc(F)c(F)c1F)C1CCCCC1. The van der Waals surface area contributed by atoms with E-state index in [9.17, 15) is 18.0 Å². The molecular formula is C15H19F3N2O. The molecule has 1 amide bonds. The first-order chi connectivity index (χ1) is 10.1. The van der Waals surface area contributed by atoms with Gasteiger partial charge in [-0.1, -0.05) is 19.3 Å². The molecule has 1 fully saturated rings. The average molecular weight is 300 g/mol. The number of benzene rings is 1. The maximum atomic E-state index is 13.8. The van der Waals surface area contributed by atoms with Gasteiger partial charge in [-0.25, -0.2) is 13.2 Å². The monoisotopic (exact) mass is 300 g/mol. The standard InChI is InChI=1S/C15H19F3N2O/c16-12-7-6-11(13(17)14(12)18)15(21)20(9-8-19)10-4-2-1-3-5-10/h6-7,10H,1-5,8-9,19H2. The van der Waals surface area contributed by atoms with Crippen LogP contribution in [0.15, 0.2) is 12.1 Å². The van der Waals surface area contributed by atoms with Crippen molar-refractivity contribution in [2.45, 2.75) is 38.1 Å². The summed E-state index contributed by atoms with van der Waals surface area (Å²) in [5.41, 5.74) is 5.09. The molecule has 3 nitrogen and oxygen atoms in total. The van der Waals surface area contributed by atoms with Gasteiger partial charge in [0.1, 0.15) is 0 Å². The number of nitrogens with zero attached hydrogens (tertiary/aromatic N) is 1. The zero-order valence-electron chi connectivity index (χ0n) is 11.7. The first kappa shape index (κ1) is 15.8. The Morgan fingerprint density at radius 2 is 1.81 bits per heavy atom. The molecule has 2 rings (SSSR count). The highest BCUT2D eigenvalue weighted by Gasteiger charge is 2.28. The van der Waals surface area contributed by atoms with Crippen molar-refractivity contribution in [1.29, 1.82) is 0 Å². The fourth-order valence-electron chi connectivity index (χ4n) is 2.83. The smallest absolute Gasteiger partial charge is 0.257 e. The minimum Gasteiger partial charge on any atom is -0.334 e. The van der Waals surface area contributed by atoms with E-state index >= 15 is 0 Å². The van der Waals surface area contributed by atoms with Gasteiger partial charge in [-0.15, -0.1) is 0 Å². The number of nitrogens with two attached hydrogens (primary N) is 1. The van der Waals surface area contributed by atoms with Crippen molar-refractivity contribution >= 4 is 5.91 Å². The Bertz CT molecular complexity index is 516. The Labute approximate surface area is 121 Å². The van der Waals surface area contributed by atoms with E-state index in [0.717, 1.165) is 44.2 Å². The number of carbonyl (C=O) groups excluding carboxylic acids is 1. The van der Waals surface area contributed by atoms with Gasteiger partial charge >= 0.3 is 0 Å². The van der Waals surface area contributed by atoms with Crippen LogP contribution in [-0.4, -0.2) is 29.9 Å². The number of halogens is 3. The van der Waals surface area contributed by atoms with Crippen LogP contribution in [0.5, 0.6) is 0 Å². The lowest BCUT2D eigenvalue weighted by molar-refractivity contribution is 0.0635. The quantitative estimate of drug-likeness (QED) is 0.869. The Morgan fingerprint density at radius 3 is 2.43 bits per heavy atom. The fourth-order valence-corrected chi connectivity index (χ4v) is 2.83. The normalized spacial score (nSPS) is 16.0. The second kappa shape index (κ2) is 6.93. The zero-order valence-corrected chi connectivity index (χ0v) is 11.7. The molecule has 1 aliphatic rings. The molecule has 1 aliphatic carbocycles. The molecule has 0 heterocycles. The highest BCUT2D eigenvalue weighted by Crippen LogP contribution is 2.25. The summed E-state index contributed by atoms with van der Waals surface area (Å²) >= 11 is 0. The summed E-state index contributed by atoms with van der Waals surface area (Å²) in [5, 5.41) is 0. The number of hydrogen-bond acceptors (Lipinski definition) is 2. The van der Waals surface area contributed by atoms with Gasteiger partial charge < -0.3 is 10.6 Å². The molecule has 0 unspecified atom stereocenters. The first-order valence-corrected chi connectivity index (χ1v) is 7.20. The number of carbonyl (C=O) groups is 1. The lowest BCUT2D eigenvalue weighted by Gasteiger charge is -2.34. The van der Waals surface area contributed by atoms with E-state index in [4.69, 9.17) is 5.73 Å². The first-order valence-electron chi connectivity index (χ1n) is 7.20. The molecule has 0 bridgehead atoms. The lowest BCUT2D eigenvalue weighted by atomic mass is 9.93. The molecule has 1 saturated carbocycles. The highest BCUT2D eigenvalue weighted by molar-refractivity contribution is 5.94. The van der Waals surface area contributed by atoms with Crippen LogP contribution in [0.2, 0.25) is 0 Å². The largest absolute Gasteiger partial charge is 0.334 e. The van der Waals surface area contributed by atoms with E-state index in [2.05, 4.69) is 0 Å². The van der Waals surface area contributed by atoms with Gasteiger partial charge in [-0.2, -0.15) is 0 Å². The van der Waals surface area contributed by atoms with Crippen molar-refractivity contribution in [1.82, 2.24) is 4.90 Å². The summed E-state index contributed by atoms with van der Waals surface area (Å²) in [6.45, 7) is 0.523. The van der Waals surface area contributed by atoms with Crippen molar-refractivity contribution in [3.05, 3.63) is 35.1 Å². The molecule has 116 valence electrons. The molecule has 21 heavy (non-hydrogen) atoms. The van der Waals surface area contributed by atoms with Crippen LogP contribution in [0.3, 0.4) is 0 Å². The number of rotatable bonds is 4. The minimum absolute atomic E-state index is 0.0117. The molecule has 0 spiro atoms. The van der Waals surface area contributed by atoms with Gasteiger partial charge in [0, 0.05) is 19.1 Å². The van der Waals surface area contributed by atoms with Crippen molar-refractivity contribution in [3.8, 4) is 0 Å². The van der Waals surface area contributed by atoms with Gasteiger partial charge in [-0.05, 0) is 25.0 Å². The summed E-state index contributed by atoms with van der Waals surface area (Å²) < 4.78 is 40.1. The Balaban J connectivity index is 2.27. The Morgan fingerprint density at radius 1 is 1.14 bits per heavy atom. The van der Waals surface area contributed by atoms with Gasteiger partial charge in [0.05, 0.1) is 5.56 Å². The molecular weight excluding hydrogens is 281 g/mol. The zero-order chi connectivity index (χ0) is 15.4. The lowest BCUT2D eigenvalue weighted by Crippen LogP contribution is -2.44. The topological polar surface area (TPSA) is 46.3 Å². The second-order valence-electron chi connectivity index (χ2n) is 5.30. The predicted molar refractivity (Wildman–Crippen MR) is 73.3 cm³/mol. The van der Waals surface area contributed by atoms with E-state index < -0.39 is 28.9 Å². The molecule has 0 radical (unpaired) electrons. The maximum Gasteiger partial charge on any atom is 0.257 e. The van der Waals surface area contributed by atoms with Crippen LogP contribution in [0.4, 0.5) is 13.2 Å². The predicted octanol–water partition coefficient (Wildman–Crippen LogP) is 2.84. The van der Waals surface area contributed by atoms with Gasteiger partial charge in [0.15, 0.2) is 17.5 Å². The third kappa shape index (κ3) is 3.37. The van der Waals surface area contributed by atoms with Crippen LogP contribution >= 0.6 is 0 Å². The van der Waals surface area contributed by atoms with Gasteiger partial charge in [0.25, 0.3) is 5.91 Å². The van der Waals surface area contributed by atoms with E-state index in [0.29, 0.717) is 0 Å². The summed E-state index contributed by atoms with van der Waals surface area (Å²) in [6, 6.07) is 1.75. The van der Waals surface area contributed by atoms with Crippen LogP contribution in [0.1, 0.15) is 42.5 Å². The van der Waals surface area contributed by atoms with E-state index in [-0.39, 0.29) is 19.1 Å². The van der Waals surface area contributed by atoms with Crippen molar-refractivity contribution in [2.75, 3.05) is 13.1 Å². The van der Waals surface area contributed by atoms with Crippen molar-refractivity contribution < 1.29 is 18.0 Å². The average Bonchev–Trinajstić information content (AvgIpc) is 2.51. The molecule has 0 atom stereocenters. The molecule has 2 N–H and O–H groups in total. The Kier molecular flexibility index (Phi) is 5.22. The molecule has 0 saturated heterocycles. The highest BCUT2D eigenvalue weighted by atomic mass is 19.2. The fraction of sp³-hybridized carbons (Fsp3) is 0.533. The molecule has 6 heteroatoms. The number of hydrogen-bond donors (Lipinski definition) is 1. The third-order valence-corrected chi connectivity index (χ3v) is 3.91. The Hall–Kier alpha value is -1.56. The van der Waals surface area contributed by atoms with Crippen LogP contribution in [-0.2, 0) is 0 Å².